The van der Waals surface area contributed by atoms with E-state index in [1.54, 1.807) is 12.4 Å². The quantitative estimate of drug-likeness (QED) is 0.501. The summed E-state index contributed by atoms with van der Waals surface area (Å²) >= 11 is 0. The van der Waals surface area contributed by atoms with Crippen LogP contribution in [0.25, 0.3) is 21.9 Å². The van der Waals surface area contributed by atoms with E-state index in [9.17, 15) is 4.79 Å². The molecule has 0 bridgehead atoms. The van der Waals surface area contributed by atoms with Crippen molar-refractivity contribution in [2.24, 2.45) is 0 Å². The van der Waals surface area contributed by atoms with Gasteiger partial charge in [-0.25, -0.2) is 4.98 Å². The summed E-state index contributed by atoms with van der Waals surface area (Å²) in [5.41, 5.74) is 4.89. The first-order valence-corrected chi connectivity index (χ1v) is 10.8. The topological polar surface area (TPSA) is 90.0 Å². The van der Waals surface area contributed by atoms with Crippen LogP contribution in [-0.4, -0.2) is 58.0 Å². The maximum Gasteiger partial charge on any atom is 0.251 e. The van der Waals surface area contributed by atoms with Gasteiger partial charge in [0.2, 0.25) is 0 Å². The smallest absolute Gasteiger partial charge is 0.251 e. The molecule has 2 N–H and O–H groups in total. The molecule has 1 saturated heterocycles. The second kappa shape index (κ2) is 8.55. The number of rotatable bonds is 5. The number of H-pyrrole nitrogens is 1. The molecule has 0 aliphatic carbocycles. The molecule has 0 saturated carbocycles. The molecule has 1 fully saturated rings. The normalized spacial score (nSPS) is 16.7. The number of aromatic amines is 1. The van der Waals surface area contributed by atoms with Crippen molar-refractivity contribution >= 4 is 33.4 Å². The zero-order chi connectivity index (χ0) is 24.6. The SMILES string of the molecule is [2H]C([2H])([2H])Nc1nccc2cc(N3CCN(Cc4cnc5cc(CC)c(=O)[nH]c5c4)CC3)cnc12. The molecule has 5 heterocycles. The number of nitrogens with zero attached hydrogens (tertiary/aromatic N) is 5. The fourth-order valence-corrected chi connectivity index (χ4v) is 4.25. The Morgan fingerprint density at radius 1 is 1.12 bits per heavy atom. The van der Waals surface area contributed by atoms with Crippen LogP contribution in [0.5, 0.6) is 0 Å². The Kier molecular flexibility index (Phi) is 4.56. The molecular formula is C24H27N7O. The minimum Gasteiger partial charge on any atom is -0.371 e. The predicted octanol–water partition coefficient (Wildman–Crippen LogP) is 2.79. The molecule has 0 spiro atoms. The molecule has 4 aromatic heterocycles. The Morgan fingerprint density at radius 3 is 2.81 bits per heavy atom. The third-order valence-corrected chi connectivity index (χ3v) is 6.05. The lowest BCUT2D eigenvalue weighted by atomic mass is 10.1. The van der Waals surface area contributed by atoms with Gasteiger partial charge in [-0.2, -0.15) is 0 Å². The van der Waals surface area contributed by atoms with Crippen molar-refractivity contribution in [3.63, 3.8) is 0 Å². The predicted molar refractivity (Wildman–Crippen MR) is 128 cm³/mol. The summed E-state index contributed by atoms with van der Waals surface area (Å²) in [4.78, 5) is 33.0. The van der Waals surface area contributed by atoms with Gasteiger partial charge < -0.3 is 15.2 Å². The largest absolute Gasteiger partial charge is 0.371 e. The average Bonchev–Trinajstić information content (AvgIpc) is 2.83. The lowest BCUT2D eigenvalue weighted by molar-refractivity contribution is 0.249. The van der Waals surface area contributed by atoms with Gasteiger partial charge in [-0.05, 0) is 36.2 Å². The number of piperazine rings is 1. The molecule has 0 atom stereocenters. The summed E-state index contributed by atoms with van der Waals surface area (Å²) < 4.78 is 22.3. The van der Waals surface area contributed by atoms with Crippen molar-refractivity contribution in [1.82, 2.24) is 24.8 Å². The highest BCUT2D eigenvalue weighted by molar-refractivity contribution is 5.89. The van der Waals surface area contributed by atoms with E-state index >= 15 is 0 Å². The van der Waals surface area contributed by atoms with Crippen LogP contribution in [0.3, 0.4) is 0 Å². The van der Waals surface area contributed by atoms with E-state index in [1.807, 2.05) is 37.4 Å². The zero-order valence-electron chi connectivity index (χ0n) is 20.9. The van der Waals surface area contributed by atoms with Gasteiger partial charge in [0, 0.05) is 67.2 Å². The lowest BCUT2D eigenvalue weighted by Gasteiger charge is -2.36. The van der Waals surface area contributed by atoms with Crippen LogP contribution in [0, 0.1) is 0 Å². The maximum absolute atomic E-state index is 12.2. The van der Waals surface area contributed by atoms with Crippen LogP contribution in [0.4, 0.5) is 11.5 Å². The number of aromatic nitrogens is 4. The summed E-state index contributed by atoms with van der Waals surface area (Å²) in [6.07, 6.45) is 5.94. The molecule has 0 aromatic carbocycles. The molecule has 4 aromatic rings. The van der Waals surface area contributed by atoms with Crippen molar-refractivity contribution < 1.29 is 4.11 Å². The fourth-order valence-electron chi connectivity index (χ4n) is 4.25. The first-order valence-electron chi connectivity index (χ1n) is 12.3. The number of nitrogens with one attached hydrogen (secondary N) is 2. The molecule has 0 radical (unpaired) electrons. The maximum atomic E-state index is 12.2. The number of pyridine rings is 4. The van der Waals surface area contributed by atoms with Crippen LogP contribution in [0.1, 0.15) is 22.2 Å². The second-order valence-electron chi connectivity index (χ2n) is 8.07. The molecule has 1 aliphatic heterocycles. The van der Waals surface area contributed by atoms with Gasteiger partial charge in [0.25, 0.3) is 5.56 Å². The van der Waals surface area contributed by atoms with E-state index in [0.717, 1.165) is 66.0 Å². The van der Waals surface area contributed by atoms with Gasteiger partial charge in [0.15, 0.2) is 5.82 Å². The van der Waals surface area contributed by atoms with E-state index < -0.39 is 6.98 Å². The van der Waals surface area contributed by atoms with Crippen LogP contribution in [0.15, 0.2) is 47.7 Å². The molecule has 164 valence electrons. The highest BCUT2D eigenvalue weighted by Crippen LogP contribution is 2.24. The molecule has 32 heavy (non-hydrogen) atoms. The van der Waals surface area contributed by atoms with Gasteiger partial charge in [0.1, 0.15) is 5.52 Å². The molecule has 0 unspecified atom stereocenters. The van der Waals surface area contributed by atoms with Gasteiger partial charge in [-0.1, -0.05) is 6.92 Å². The minimum atomic E-state index is -2.33. The van der Waals surface area contributed by atoms with Gasteiger partial charge >= 0.3 is 0 Å². The fraction of sp³-hybridized carbons (Fsp3) is 0.333. The second-order valence-corrected chi connectivity index (χ2v) is 8.07. The number of hydrogen-bond acceptors (Lipinski definition) is 7. The van der Waals surface area contributed by atoms with E-state index in [1.165, 1.54) is 0 Å². The summed E-state index contributed by atoms with van der Waals surface area (Å²) in [7, 11) is 0. The lowest BCUT2D eigenvalue weighted by Crippen LogP contribution is -2.46. The highest BCUT2D eigenvalue weighted by atomic mass is 16.1. The van der Waals surface area contributed by atoms with Crippen LogP contribution in [0.2, 0.25) is 0 Å². The summed E-state index contributed by atoms with van der Waals surface area (Å²) in [6.45, 7) is 3.84. The average molecular weight is 433 g/mol. The standard InChI is InChI=1S/C24H27N7O/c1-3-17-12-20-21(29-24(17)32)10-16(13-27-20)15-30-6-8-31(9-7-30)19-11-18-4-5-26-23(25-2)22(18)28-14-19/h4-5,10-14H,3,6-9,15H2,1-2H3,(H,25,26)(H,29,32)/i2D3. The zero-order valence-corrected chi connectivity index (χ0v) is 17.9. The molecule has 8 heteroatoms. The van der Waals surface area contributed by atoms with Crippen molar-refractivity contribution in [2.75, 3.05) is 43.4 Å². The third-order valence-electron chi connectivity index (χ3n) is 6.05. The van der Waals surface area contributed by atoms with Crippen LogP contribution >= 0.6 is 0 Å². The number of fused-ring (bicyclic) bond motifs is 2. The van der Waals surface area contributed by atoms with E-state index in [0.29, 0.717) is 11.9 Å². The number of aryl methyl sites for hydroxylation is 1. The minimum absolute atomic E-state index is 0.0475. The molecular weight excluding hydrogens is 402 g/mol. The first kappa shape index (κ1) is 17.1. The Balaban J connectivity index is 1.26. The van der Waals surface area contributed by atoms with Crippen molar-refractivity contribution in [3.8, 4) is 0 Å². The summed E-state index contributed by atoms with van der Waals surface area (Å²) in [6, 6.07) is 7.75. The number of hydrogen-bond donors (Lipinski definition) is 2. The monoisotopic (exact) mass is 432 g/mol. The van der Waals surface area contributed by atoms with E-state index in [-0.39, 0.29) is 11.4 Å². The Bertz CT molecular complexity index is 1430. The van der Waals surface area contributed by atoms with Gasteiger partial charge in [0.05, 0.1) is 22.9 Å². The van der Waals surface area contributed by atoms with E-state index in [4.69, 9.17) is 4.11 Å². The number of anilines is 2. The molecule has 1 aliphatic rings. The Hall–Kier alpha value is -3.52. The Morgan fingerprint density at radius 2 is 2.00 bits per heavy atom. The summed E-state index contributed by atoms with van der Waals surface area (Å²) in [5, 5.41) is 3.30. The third kappa shape index (κ3) is 3.89. The van der Waals surface area contributed by atoms with Crippen molar-refractivity contribution in [2.45, 2.75) is 19.9 Å². The van der Waals surface area contributed by atoms with Gasteiger partial charge in [-0.3, -0.25) is 19.7 Å². The molecule has 8 nitrogen and oxygen atoms in total. The van der Waals surface area contributed by atoms with Crippen molar-refractivity contribution in [3.05, 3.63) is 64.3 Å². The van der Waals surface area contributed by atoms with Crippen LogP contribution in [-0.2, 0) is 13.0 Å². The molecule has 0 amide bonds. The van der Waals surface area contributed by atoms with Crippen LogP contribution < -0.4 is 15.8 Å². The highest BCUT2D eigenvalue weighted by Gasteiger charge is 2.18. The summed E-state index contributed by atoms with van der Waals surface area (Å²) in [5.74, 6) is 0.259. The van der Waals surface area contributed by atoms with Crippen molar-refractivity contribution in [1.29, 1.82) is 0 Å². The van der Waals surface area contributed by atoms with Gasteiger partial charge in [-0.15, -0.1) is 0 Å². The first-order chi connectivity index (χ1) is 16.8. The Labute approximate surface area is 190 Å². The molecule has 5 rings (SSSR count). The van der Waals surface area contributed by atoms with E-state index in [2.05, 4.69) is 35.1 Å².